The topological polar surface area (TPSA) is 84.8 Å². The Balaban J connectivity index is 1.56. The predicted molar refractivity (Wildman–Crippen MR) is 130 cm³/mol. The van der Waals surface area contributed by atoms with Crippen LogP contribution in [-0.4, -0.2) is 26.6 Å². The number of aromatic nitrogens is 3. The summed E-state index contributed by atoms with van der Waals surface area (Å²) in [4.78, 5) is 39.4. The number of carbonyl (C=O) groups excluding carboxylic acids is 2. The van der Waals surface area contributed by atoms with E-state index in [1.54, 1.807) is 18.5 Å². The number of amides is 1. The molecule has 0 aliphatic heterocycles. The molecule has 0 unspecified atom stereocenters. The minimum Gasteiger partial charge on any atom is -0.298 e. The zero-order chi connectivity index (χ0) is 22.8. The Kier molecular flexibility index (Phi) is 5.46. The molecule has 3 aromatic heterocycles. The smallest absolute Gasteiger partial charge is 0.258 e. The van der Waals surface area contributed by atoms with E-state index in [4.69, 9.17) is 4.98 Å². The van der Waals surface area contributed by atoms with Gasteiger partial charge in [-0.15, -0.1) is 0 Å². The van der Waals surface area contributed by atoms with E-state index >= 15 is 0 Å². The number of para-hydroxylation sites is 1. The maximum absolute atomic E-state index is 13.4. The highest BCUT2D eigenvalue weighted by atomic mass is 32.1. The number of ketones is 1. The first-order valence-electron chi connectivity index (χ1n) is 10.3. The van der Waals surface area contributed by atoms with Gasteiger partial charge in [0.15, 0.2) is 10.9 Å². The summed E-state index contributed by atoms with van der Waals surface area (Å²) in [6, 6.07) is 22.4. The second kappa shape index (κ2) is 8.72. The third-order valence-electron chi connectivity index (χ3n) is 5.15. The van der Waals surface area contributed by atoms with Crippen molar-refractivity contribution < 1.29 is 9.59 Å². The van der Waals surface area contributed by atoms with Crippen LogP contribution in [-0.2, 0) is 0 Å². The molecule has 0 spiro atoms. The Hall–Kier alpha value is -4.23. The first-order valence-corrected chi connectivity index (χ1v) is 11.1. The summed E-state index contributed by atoms with van der Waals surface area (Å²) in [5.41, 5.74) is 4.13. The molecule has 0 saturated heterocycles. The van der Waals surface area contributed by atoms with E-state index in [2.05, 4.69) is 15.3 Å². The summed E-state index contributed by atoms with van der Waals surface area (Å²) in [6.07, 6.45) is 3.38. The molecular weight excluding hydrogens is 432 g/mol. The Morgan fingerprint density at radius 3 is 2.33 bits per heavy atom. The molecule has 1 amide bonds. The Labute approximate surface area is 194 Å². The number of Topliss-reactive ketones (excluding diaryl/α,β-unsaturated/α-hetero) is 1. The fraction of sp³-hybridized carbons (Fsp3) is 0.0385. The first-order chi connectivity index (χ1) is 16.1. The molecule has 0 saturated carbocycles. The van der Waals surface area contributed by atoms with E-state index < -0.39 is 0 Å². The molecule has 0 aliphatic carbocycles. The number of anilines is 1. The van der Waals surface area contributed by atoms with E-state index in [0.717, 1.165) is 16.5 Å². The highest BCUT2D eigenvalue weighted by Crippen LogP contribution is 2.32. The number of carbonyl (C=O) groups is 2. The van der Waals surface area contributed by atoms with Crippen LogP contribution in [0.2, 0.25) is 0 Å². The van der Waals surface area contributed by atoms with Crippen LogP contribution in [0.4, 0.5) is 5.13 Å². The molecule has 2 aromatic carbocycles. The van der Waals surface area contributed by atoms with Crippen LogP contribution in [0.3, 0.4) is 0 Å². The van der Waals surface area contributed by atoms with Gasteiger partial charge in [0.25, 0.3) is 5.91 Å². The zero-order valence-corrected chi connectivity index (χ0v) is 18.5. The van der Waals surface area contributed by atoms with Crippen molar-refractivity contribution in [3.8, 4) is 22.5 Å². The van der Waals surface area contributed by atoms with Crippen LogP contribution >= 0.6 is 11.3 Å². The summed E-state index contributed by atoms with van der Waals surface area (Å²) in [5, 5.41) is 4.00. The standard InChI is InChI=1S/C26H18N4O2S/c1-16(31)24-23(18-7-3-2-4-8-18)29-26(33-24)30-25(32)20-15-22(17-11-13-27-14-12-17)28-21-10-6-5-9-19(20)21/h2-15H,1H3,(H,29,30,32). The van der Waals surface area contributed by atoms with Crippen LogP contribution in [0.1, 0.15) is 27.0 Å². The number of fused-ring (bicyclic) bond motifs is 1. The van der Waals surface area contributed by atoms with Crippen LogP contribution in [0, 0.1) is 0 Å². The Morgan fingerprint density at radius 2 is 1.58 bits per heavy atom. The van der Waals surface area contributed by atoms with Gasteiger partial charge in [-0.2, -0.15) is 0 Å². The average Bonchev–Trinajstić information content (AvgIpc) is 3.28. The lowest BCUT2D eigenvalue weighted by atomic mass is 10.0. The average molecular weight is 451 g/mol. The van der Waals surface area contributed by atoms with Crippen molar-refractivity contribution in [2.24, 2.45) is 0 Å². The van der Waals surface area contributed by atoms with Crippen molar-refractivity contribution in [1.29, 1.82) is 0 Å². The number of benzene rings is 2. The van der Waals surface area contributed by atoms with E-state index in [9.17, 15) is 9.59 Å². The molecule has 3 heterocycles. The number of thiazole rings is 1. The molecule has 6 nitrogen and oxygen atoms in total. The molecule has 0 fully saturated rings. The van der Waals surface area contributed by atoms with E-state index in [0.29, 0.717) is 32.5 Å². The van der Waals surface area contributed by atoms with Gasteiger partial charge in [0, 0.05) is 35.8 Å². The molecule has 1 N–H and O–H groups in total. The molecule has 5 rings (SSSR count). The summed E-state index contributed by atoms with van der Waals surface area (Å²) < 4.78 is 0. The van der Waals surface area contributed by atoms with Crippen LogP contribution in [0.5, 0.6) is 0 Å². The fourth-order valence-electron chi connectivity index (χ4n) is 3.60. The van der Waals surface area contributed by atoms with Crippen molar-refractivity contribution in [3.05, 3.63) is 95.6 Å². The maximum atomic E-state index is 13.4. The van der Waals surface area contributed by atoms with E-state index in [1.165, 1.54) is 18.3 Å². The van der Waals surface area contributed by atoms with Gasteiger partial charge in [-0.1, -0.05) is 59.9 Å². The molecule has 5 aromatic rings. The highest BCUT2D eigenvalue weighted by molar-refractivity contribution is 7.18. The number of nitrogens with zero attached hydrogens (tertiary/aromatic N) is 3. The Morgan fingerprint density at radius 1 is 0.848 bits per heavy atom. The van der Waals surface area contributed by atoms with Gasteiger partial charge in [-0.05, 0) is 24.3 Å². The normalized spacial score (nSPS) is 10.8. The molecule has 33 heavy (non-hydrogen) atoms. The van der Waals surface area contributed by atoms with Gasteiger partial charge in [0.2, 0.25) is 0 Å². The van der Waals surface area contributed by atoms with Gasteiger partial charge in [-0.25, -0.2) is 9.97 Å². The lowest BCUT2D eigenvalue weighted by molar-refractivity contribution is 0.101. The minimum absolute atomic E-state index is 0.0961. The van der Waals surface area contributed by atoms with Crippen molar-refractivity contribution in [1.82, 2.24) is 15.0 Å². The van der Waals surface area contributed by atoms with E-state index in [-0.39, 0.29) is 11.7 Å². The number of hydrogen-bond donors (Lipinski definition) is 1. The zero-order valence-electron chi connectivity index (χ0n) is 17.6. The Bertz CT molecular complexity index is 1480. The number of rotatable bonds is 5. The molecular formula is C26H18N4O2S. The fourth-order valence-corrected chi connectivity index (χ4v) is 4.48. The maximum Gasteiger partial charge on any atom is 0.258 e. The number of nitrogens with one attached hydrogen (secondary N) is 1. The minimum atomic E-state index is -0.313. The second-order valence-corrected chi connectivity index (χ2v) is 8.38. The van der Waals surface area contributed by atoms with Crippen molar-refractivity contribution >= 4 is 39.1 Å². The summed E-state index contributed by atoms with van der Waals surface area (Å²) >= 11 is 1.17. The van der Waals surface area contributed by atoms with Gasteiger partial charge in [0.05, 0.1) is 27.3 Å². The molecule has 0 radical (unpaired) electrons. The number of pyridine rings is 2. The lowest BCUT2D eigenvalue weighted by Crippen LogP contribution is -2.13. The highest BCUT2D eigenvalue weighted by Gasteiger charge is 2.20. The van der Waals surface area contributed by atoms with E-state index in [1.807, 2.05) is 66.7 Å². The van der Waals surface area contributed by atoms with Gasteiger partial charge in [-0.3, -0.25) is 19.9 Å². The van der Waals surface area contributed by atoms with Crippen molar-refractivity contribution in [2.75, 3.05) is 5.32 Å². The van der Waals surface area contributed by atoms with Crippen molar-refractivity contribution in [2.45, 2.75) is 6.92 Å². The molecule has 0 aliphatic rings. The third-order valence-corrected chi connectivity index (χ3v) is 6.22. The predicted octanol–water partition coefficient (Wildman–Crippen LogP) is 5.88. The lowest BCUT2D eigenvalue weighted by Gasteiger charge is -2.09. The summed E-state index contributed by atoms with van der Waals surface area (Å²) in [5.74, 6) is -0.409. The van der Waals surface area contributed by atoms with Crippen LogP contribution in [0.15, 0.2) is 85.2 Å². The molecule has 160 valence electrons. The number of hydrogen-bond acceptors (Lipinski definition) is 6. The van der Waals surface area contributed by atoms with Gasteiger partial charge >= 0.3 is 0 Å². The summed E-state index contributed by atoms with van der Waals surface area (Å²) in [6.45, 7) is 1.50. The third kappa shape index (κ3) is 4.14. The van der Waals surface area contributed by atoms with Gasteiger partial charge in [0.1, 0.15) is 0 Å². The first kappa shape index (κ1) is 20.7. The summed E-state index contributed by atoms with van der Waals surface area (Å²) in [7, 11) is 0. The molecule has 7 heteroatoms. The van der Waals surface area contributed by atoms with Crippen LogP contribution < -0.4 is 5.32 Å². The van der Waals surface area contributed by atoms with Crippen molar-refractivity contribution in [3.63, 3.8) is 0 Å². The quantitative estimate of drug-likeness (QED) is 0.338. The largest absolute Gasteiger partial charge is 0.298 e. The monoisotopic (exact) mass is 450 g/mol. The second-order valence-electron chi connectivity index (χ2n) is 7.38. The SMILES string of the molecule is CC(=O)c1sc(NC(=O)c2cc(-c3ccncc3)nc3ccccc23)nc1-c1ccccc1. The van der Waals surface area contributed by atoms with Gasteiger partial charge < -0.3 is 0 Å². The molecule has 0 atom stereocenters. The van der Waals surface area contributed by atoms with Crippen LogP contribution in [0.25, 0.3) is 33.4 Å². The molecule has 0 bridgehead atoms.